The monoisotopic (exact) mass is 1830 g/mol. The number of carboxylic acids is 1. The predicted molar refractivity (Wildman–Crippen MR) is 482 cm³/mol. The molecule has 1 aliphatic carbocycles. The molecule has 1 unspecified atom stereocenters. The molecule has 45 N–H and O–H groups in total. The molecule has 2 aromatic rings. The van der Waals surface area contributed by atoms with Gasteiger partial charge in [0.25, 0.3) is 0 Å². The highest BCUT2D eigenvalue weighted by Crippen LogP contribution is 2.42. The highest BCUT2D eigenvalue weighted by Gasteiger charge is 2.36. The van der Waals surface area contributed by atoms with Crippen LogP contribution in [0.4, 0.5) is 5.69 Å². The number of benzene rings is 3. The lowest BCUT2D eigenvalue weighted by atomic mass is 9.90. The minimum absolute atomic E-state index is 0.00418. The molecule has 0 radical (unpaired) electrons. The van der Waals surface area contributed by atoms with Crippen LogP contribution in [-0.4, -0.2) is 248 Å². The number of carbonyl (C=O) groups excluding carboxylic acids is 11. The molecule has 0 saturated carbocycles. The second kappa shape index (κ2) is 56.2. The van der Waals surface area contributed by atoms with Crippen LogP contribution in [0.2, 0.25) is 0 Å². The van der Waals surface area contributed by atoms with Crippen LogP contribution >= 0.6 is 12.2 Å². The van der Waals surface area contributed by atoms with E-state index in [0.717, 1.165) is 0 Å². The van der Waals surface area contributed by atoms with Gasteiger partial charge in [0.05, 0.1) is 18.5 Å². The maximum absolute atomic E-state index is 14.9. The van der Waals surface area contributed by atoms with Crippen LogP contribution < -0.4 is 153 Å². The third-order valence-corrected chi connectivity index (χ3v) is 19.3. The summed E-state index contributed by atoms with van der Waals surface area (Å²) in [7, 11) is 0. The van der Waals surface area contributed by atoms with E-state index < -0.39 is 174 Å². The normalized spacial score (nSPS) is 12.9. The number of nitrogens with one attached hydrogen (secondary N) is 25. The number of esters is 1. The second-order valence-electron chi connectivity index (χ2n) is 29.5. The molecule has 9 atom stereocenters. The van der Waals surface area contributed by atoms with Gasteiger partial charge in [-0.2, -0.15) is 0 Å². The number of hydrogen-bond donors (Lipinski definition) is 36. The summed E-state index contributed by atoms with van der Waals surface area (Å²) in [4.78, 5) is 178. The highest BCUT2D eigenvalue weighted by atomic mass is 32.1. The minimum Gasteiger partial charge on any atom is -0.508 e. The van der Waals surface area contributed by atoms with E-state index in [0.29, 0.717) is 16.5 Å². The van der Waals surface area contributed by atoms with Crippen molar-refractivity contribution in [3.05, 3.63) is 70.4 Å². The first-order chi connectivity index (χ1) is 61.1. The average molecular weight is 1830 g/mol. The van der Waals surface area contributed by atoms with Crippen molar-refractivity contribution in [3.63, 3.8) is 0 Å². The van der Waals surface area contributed by atoms with Crippen molar-refractivity contribution in [2.24, 2.45) is 51.6 Å². The molecule has 129 heavy (non-hydrogen) atoms. The lowest BCUT2D eigenvalue weighted by Gasteiger charge is -2.28. The zero-order valence-electron chi connectivity index (χ0n) is 71.3. The molecule has 51 nitrogen and oxygen atoms in total. The second-order valence-corrected chi connectivity index (χ2v) is 30.0. The number of aromatic hydroxyl groups is 1. The van der Waals surface area contributed by atoms with Gasteiger partial charge < -0.3 is 167 Å². The van der Waals surface area contributed by atoms with Gasteiger partial charge in [-0.15, -0.1) is 0 Å². The Morgan fingerprint density at radius 2 is 0.791 bits per heavy atom. The van der Waals surface area contributed by atoms with Crippen LogP contribution in [0.1, 0.15) is 133 Å². The standard InChI is InChI=1S/C77H122N34O17S/c1-39(78)60(111-57(115)24-25-58(116)127-35-34-102-77(129)103-40-18-21-43(46(36-40)69(125)126)59-44-22-19-41(112)37-54(44)128-55-38-42(113)20-23-45(55)59)68(124)94-26-9-17-56(114)104-48(11-3-28-96-71(82)83)62(118)106-50(13-5-30-98-73(86)87)64(120)108-52(15-7-32-100-75(90)91)66(122)110-53(16-8-33-101-76(92)93)67(123)109-51(14-6-31-99-74(88)89)65(121)107-49(12-4-29-97-72(84)85)63(119)105-47(61(79)117)10-2-27-95-70(80)81/h18-23,36-39,47-53,60,112H,2-17,24-35,78H2,1H3,(H2,79,117)(H,94,124)(H,104,114)(H,105,119)(H,106,118)(H,107,121)(H,108,120)(H,109,123)(H,110,122)(H,111,115)(H,125,126)(H4,80,81,95)(H4,82,83,96)(H4,84,85,97)(H4,86,87,98)(H4,88,89,99)(H4,90,91,100)(H4,92,93,101)(H2,102,103,129)/t39?,47-,48-,49-,50-,51-,52-,53-,60-/m1/s1. The molecule has 0 fully saturated rings. The molecule has 0 bridgehead atoms. The molecular weight excluding hydrogens is 1710 g/mol. The molecule has 2 aromatic carbocycles. The fraction of sp³-hybridized carbons (Fsp3) is 0.494. The zero-order chi connectivity index (χ0) is 95.8. The van der Waals surface area contributed by atoms with Gasteiger partial charge in [-0.1, -0.05) is 6.07 Å². The molecule has 0 aromatic heterocycles. The number of fused-ring (bicyclic) bond motifs is 2. The number of carbonyl (C=O) groups is 12. The summed E-state index contributed by atoms with van der Waals surface area (Å²) in [5, 5.41) is 122. The van der Waals surface area contributed by atoms with Gasteiger partial charge in [-0.05, 0) is 157 Å². The Labute approximate surface area is 746 Å². The summed E-state index contributed by atoms with van der Waals surface area (Å²) in [6.45, 7) is 1.14. The number of primary amides is 1. The Morgan fingerprint density at radius 1 is 0.419 bits per heavy atom. The van der Waals surface area contributed by atoms with E-state index in [2.05, 4.69) is 95.7 Å². The molecular formula is C77H122N34O17S. The summed E-state index contributed by atoms with van der Waals surface area (Å²) in [5.41, 5.74) is 51.4. The summed E-state index contributed by atoms with van der Waals surface area (Å²) < 4.78 is 11.2. The largest absolute Gasteiger partial charge is 0.508 e. The molecule has 1 heterocycles. The van der Waals surface area contributed by atoms with Gasteiger partial charge in [0.15, 0.2) is 52.3 Å². The van der Waals surface area contributed by atoms with E-state index in [-0.39, 0.29) is 219 Å². The molecule has 4 rings (SSSR count). The number of phenols is 1. The van der Waals surface area contributed by atoms with Gasteiger partial charge in [0.2, 0.25) is 59.1 Å². The predicted octanol–water partition coefficient (Wildman–Crippen LogP) is -6.97. The maximum Gasteiger partial charge on any atom is 0.336 e. The smallest absolute Gasteiger partial charge is 0.336 e. The zero-order valence-corrected chi connectivity index (χ0v) is 72.1. The molecule has 10 amide bonds. The number of hydrogen-bond acceptors (Lipinski definition) is 25. The summed E-state index contributed by atoms with van der Waals surface area (Å²) in [6.07, 6.45) is -1.92. The number of thiocarbonyl (C=S) groups is 1. The van der Waals surface area contributed by atoms with Crippen LogP contribution in [-0.2, 0) is 57.5 Å². The molecule has 52 heteroatoms. The number of guanidine groups is 7. The Morgan fingerprint density at radius 3 is 1.18 bits per heavy atom. The van der Waals surface area contributed by atoms with E-state index in [1.807, 2.05) is 0 Å². The molecule has 708 valence electrons. The van der Waals surface area contributed by atoms with Crippen LogP contribution in [0.5, 0.6) is 5.75 Å². The van der Waals surface area contributed by atoms with Crippen LogP contribution in [0.3, 0.4) is 0 Å². The van der Waals surface area contributed by atoms with Gasteiger partial charge in [-0.25, -0.2) is 4.79 Å². The van der Waals surface area contributed by atoms with E-state index in [9.17, 15) is 72.5 Å². The van der Waals surface area contributed by atoms with Gasteiger partial charge >= 0.3 is 11.9 Å². The number of phenolic OH excluding ortho intramolecular Hbond substituents is 1. The Bertz CT molecular complexity index is 4650. The summed E-state index contributed by atoms with van der Waals surface area (Å²) in [6, 6.07) is 0.204. The molecule has 0 spiro atoms. The topological polar surface area (TPSA) is 902 Å². The van der Waals surface area contributed by atoms with E-state index in [1.54, 1.807) is 18.2 Å². The van der Waals surface area contributed by atoms with Crippen LogP contribution in [0.15, 0.2) is 63.8 Å². The van der Waals surface area contributed by atoms with Crippen LogP contribution in [0, 0.1) is 37.9 Å². The number of carboxylic acid groups (broad SMARTS) is 1. The van der Waals surface area contributed by atoms with Crippen molar-refractivity contribution >= 4 is 147 Å². The fourth-order valence-electron chi connectivity index (χ4n) is 12.7. The lowest BCUT2D eigenvalue weighted by molar-refractivity contribution is -0.145. The van der Waals surface area contributed by atoms with Crippen molar-refractivity contribution in [3.8, 4) is 28.2 Å². The summed E-state index contributed by atoms with van der Waals surface area (Å²) in [5.74, 6) is -13.8. The van der Waals surface area contributed by atoms with Gasteiger partial charge in [-0.3, -0.25) is 95.4 Å². The Kier molecular flexibility index (Phi) is 46.3. The maximum atomic E-state index is 14.9. The first-order valence-electron chi connectivity index (χ1n) is 41.2. The minimum atomic E-state index is -1.58. The quantitative estimate of drug-likeness (QED) is 0.00488. The molecule has 0 saturated heterocycles. The lowest BCUT2D eigenvalue weighted by Crippen LogP contribution is -2.60. The van der Waals surface area contributed by atoms with Crippen molar-refractivity contribution in [2.75, 3.05) is 70.8 Å². The van der Waals surface area contributed by atoms with Crippen molar-refractivity contribution in [1.82, 2.24) is 90.4 Å². The number of rotatable bonds is 58. The van der Waals surface area contributed by atoms with Crippen molar-refractivity contribution in [2.45, 2.75) is 177 Å². The number of nitrogens with two attached hydrogens (primary N) is 9. The Balaban J connectivity index is 1.46. The Hall–Kier alpha value is -14.9. The number of ether oxygens (including phenoxy) is 1. The molecule has 2 aliphatic rings. The molecule has 1 aliphatic heterocycles. The van der Waals surface area contributed by atoms with E-state index in [4.69, 9.17) is 111 Å². The van der Waals surface area contributed by atoms with E-state index in [1.165, 1.54) is 43.3 Å². The number of amides is 10. The first kappa shape index (κ1) is 106. The van der Waals surface area contributed by atoms with Gasteiger partial charge in [0, 0.05) is 106 Å². The number of anilines is 1. The average Bonchev–Trinajstić information content (AvgIpc) is 0.746. The number of aromatic carboxylic acids is 1. The van der Waals surface area contributed by atoms with Crippen LogP contribution in [0.25, 0.3) is 33.4 Å². The third-order valence-electron chi connectivity index (χ3n) is 19.0. The first-order valence-corrected chi connectivity index (χ1v) is 41.6. The highest BCUT2D eigenvalue weighted by molar-refractivity contribution is 7.80. The third kappa shape index (κ3) is 41.2. The van der Waals surface area contributed by atoms with Crippen molar-refractivity contribution in [1.29, 1.82) is 37.9 Å². The van der Waals surface area contributed by atoms with Gasteiger partial charge in [0.1, 0.15) is 72.0 Å². The SMILES string of the molecule is CC(N)[C@@H](NC(=O)CCC(=O)OCCNC(=S)Nc1ccc(-c2c3ccc(=O)cc-3oc3cc(O)ccc23)c(C(=O)O)c1)C(=O)NCCCC(=O)N[C@H](CCCNC(=N)N)C(=O)N[C@H](CCCNC(=N)N)C(=O)N[C@H](CCCNC(=N)N)C(=O)N[C@H](CCCNC(=N)N)C(=O)N[C@H](CCCNC(=N)N)C(=O)N[C@H](CCCNC(=N)N)C(=O)N[C@H](CCCNC(=N)N)C(N)=O. The van der Waals surface area contributed by atoms with E-state index >= 15 is 0 Å². The fourth-order valence-corrected chi connectivity index (χ4v) is 12.9. The summed E-state index contributed by atoms with van der Waals surface area (Å²) >= 11 is 5.41. The van der Waals surface area contributed by atoms with Crippen molar-refractivity contribution < 1.29 is 76.9 Å².